The minimum Gasteiger partial charge on any atom is -0.423 e. The largest absolute Gasteiger partial charge is 0.488 e. The van der Waals surface area contributed by atoms with Gasteiger partial charge in [0.1, 0.15) is 5.82 Å². The van der Waals surface area contributed by atoms with Gasteiger partial charge in [-0.15, -0.1) is 0 Å². The van der Waals surface area contributed by atoms with E-state index in [9.17, 15) is 9.18 Å². The highest BCUT2D eigenvalue weighted by molar-refractivity contribution is 6.58. The lowest BCUT2D eigenvalue weighted by Crippen LogP contribution is -2.31. The number of benzene rings is 1. The summed E-state index contributed by atoms with van der Waals surface area (Å²) >= 11 is 0. The fourth-order valence-electron chi connectivity index (χ4n) is 1.21. The second-order valence-corrected chi connectivity index (χ2v) is 3.37. The Kier molecular flexibility index (Phi) is 4.45. The first-order valence-electron chi connectivity index (χ1n) is 5.00. The highest BCUT2D eigenvalue weighted by Gasteiger charge is 2.16. The Morgan fingerprint density at radius 1 is 1.50 bits per heavy atom. The highest BCUT2D eigenvalue weighted by atomic mass is 19.1. The van der Waals surface area contributed by atoms with Gasteiger partial charge in [0.25, 0.3) is 5.91 Å². The van der Waals surface area contributed by atoms with Gasteiger partial charge in [-0.1, -0.05) is 13.0 Å². The number of hydrogen-bond acceptors (Lipinski definition) is 3. The lowest BCUT2D eigenvalue weighted by Gasteiger charge is -2.06. The van der Waals surface area contributed by atoms with Crippen molar-refractivity contribution in [1.29, 1.82) is 0 Å². The molecule has 4 nitrogen and oxygen atoms in total. The molecule has 0 bridgehead atoms. The molecule has 1 rings (SSSR count). The molecule has 0 aliphatic heterocycles. The quantitative estimate of drug-likeness (QED) is 0.613. The minimum atomic E-state index is -1.73. The normalized spacial score (nSPS) is 10.0. The maximum absolute atomic E-state index is 13.4. The maximum Gasteiger partial charge on any atom is 0.488 e. The summed E-state index contributed by atoms with van der Waals surface area (Å²) in [5.74, 6) is -1.27. The van der Waals surface area contributed by atoms with E-state index in [0.717, 1.165) is 12.5 Å². The van der Waals surface area contributed by atoms with Gasteiger partial charge in [0.15, 0.2) is 0 Å². The van der Waals surface area contributed by atoms with E-state index in [1.165, 1.54) is 12.1 Å². The van der Waals surface area contributed by atoms with Crippen molar-refractivity contribution in [3.05, 3.63) is 29.6 Å². The second kappa shape index (κ2) is 5.62. The first-order chi connectivity index (χ1) is 7.56. The molecule has 0 atom stereocenters. The fourth-order valence-corrected chi connectivity index (χ4v) is 1.21. The summed E-state index contributed by atoms with van der Waals surface area (Å²) in [4.78, 5) is 11.4. The molecule has 0 aliphatic carbocycles. The average molecular weight is 225 g/mol. The number of carbonyl (C=O) groups is 1. The van der Waals surface area contributed by atoms with Crippen molar-refractivity contribution >= 4 is 18.5 Å². The average Bonchev–Trinajstić information content (AvgIpc) is 2.25. The number of hydrogen-bond donors (Lipinski definition) is 3. The summed E-state index contributed by atoms with van der Waals surface area (Å²) in [6.07, 6.45) is 0.765. The molecular weight excluding hydrogens is 212 g/mol. The predicted octanol–water partition coefficient (Wildman–Crippen LogP) is -0.355. The third-order valence-electron chi connectivity index (χ3n) is 2.07. The van der Waals surface area contributed by atoms with Crippen LogP contribution in [0.4, 0.5) is 4.39 Å². The van der Waals surface area contributed by atoms with E-state index in [2.05, 4.69) is 5.32 Å². The van der Waals surface area contributed by atoms with Gasteiger partial charge >= 0.3 is 7.12 Å². The Hall–Kier alpha value is -1.40. The highest BCUT2D eigenvalue weighted by Crippen LogP contribution is 2.05. The van der Waals surface area contributed by atoms with Crippen molar-refractivity contribution in [1.82, 2.24) is 5.32 Å². The van der Waals surface area contributed by atoms with E-state index < -0.39 is 18.8 Å². The van der Waals surface area contributed by atoms with E-state index >= 15 is 0 Å². The minimum absolute atomic E-state index is 0.0181. The molecule has 3 N–H and O–H groups in total. The molecule has 0 heterocycles. The number of nitrogens with one attached hydrogen (secondary N) is 1. The van der Waals surface area contributed by atoms with Crippen molar-refractivity contribution in [2.45, 2.75) is 13.3 Å². The molecular formula is C10H13BFNO3. The molecule has 6 heteroatoms. The van der Waals surface area contributed by atoms with Crippen molar-refractivity contribution in [2.75, 3.05) is 6.54 Å². The van der Waals surface area contributed by atoms with Crippen LogP contribution < -0.4 is 10.8 Å². The van der Waals surface area contributed by atoms with Crippen LogP contribution in [0.3, 0.4) is 0 Å². The monoisotopic (exact) mass is 225 g/mol. The van der Waals surface area contributed by atoms with E-state index in [-0.39, 0.29) is 11.0 Å². The van der Waals surface area contributed by atoms with Crippen molar-refractivity contribution in [3.8, 4) is 0 Å². The van der Waals surface area contributed by atoms with Crippen LogP contribution in [0.2, 0.25) is 0 Å². The zero-order chi connectivity index (χ0) is 12.1. The molecule has 0 fully saturated rings. The summed E-state index contributed by atoms with van der Waals surface area (Å²) in [5, 5.41) is 20.1. The molecule has 1 aromatic rings. The molecule has 0 aliphatic rings. The van der Waals surface area contributed by atoms with Gasteiger partial charge in [-0.05, 0) is 24.0 Å². The molecule has 0 aromatic heterocycles. The zero-order valence-corrected chi connectivity index (χ0v) is 8.90. The van der Waals surface area contributed by atoms with Crippen LogP contribution in [0.15, 0.2) is 18.2 Å². The van der Waals surface area contributed by atoms with E-state index in [4.69, 9.17) is 10.0 Å². The first-order valence-corrected chi connectivity index (χ1v) is 5.00. The molecule has 16 heavy (non-hydrogen) atoms. The molecule has 86 valence electrons. The van der Waals surface area contributed by atoms with E-state index in [0.29, 0.717) is 6.54 Å². The Bertz CT molecular complexity index is 384. The van der Waals surface area contributed by atoms with Crippen LogP contribution in [0.5, 0.6) is 0 Å². The van der Waals surface area contributed by atoms with E-state index in [1.807, 2.05) is 6.92 Å². The number of carbonyl (C=O) groups excluding carboxylic acids is 1. The third-order valence-corrected chi connectivity index (χ3v) is 2.07. The van der Waals surface area contributed by atoms with Crippen LogP contribution in [0.1, 0.15) is 23.7 Å². The van der Waals surface area contributed by atoms with Crippen molar-refractivity contribution < 1.29 is 19.2 Å². The molecule has 1 amide bonds. The first kappa shape index (κ1) is 12.7. The molecule has 1 aromatic carbocycles. The van der Waals surface area contributed by atoms with Gasteiger partial charge in [0.2, 0.25) is 0 Å². The smallest absolute Gasteiger partial charge is 0.423 e. The Morgan fingerprint density at radius 2 is 2.19 bits per heavy atom. The van der Waals surface area contributed by atoms with Gasteiger partial charge in [0, 0.05) is 6.54 Å². The third kappa shape index (κ3) is 3.05. The molecule has 0 spiro atoms. The second-order valence-electron chi connectivity index (χ2n) is 3.37. The van der Waals surface area contributed by atoms with Gasteiger partial charge in [-0.25, -0.2) is 4.39 Å². The molecule has 0 saturated carbocycles. The topological polar surface area (TPSA) is 69.6 Å². The number of amides is 1. The van der Waals surface area contributed by atoms with Crippen LogP contribution in [-0.4, -0.2) is 29.6 Å². The lowest BCUT2D eigenvalue weighted by atomic mass is 9.80. The molecule has 0 radical (unpaired) electrons. The van der Waals surface area contributed by atoms with E-state index in [1.54, 1.807) is 0 Å². The molecule has 0 unspecified atom stereocenters. The zero-order valence-electron chi connectivity index (χ0n) is 8.90. The number of halogens is 1. The standard InChI is InChI=1S/C10H13BFNO3/c1-2-5-13-10(14)8-4-3-7(11(15)16)6-9(8)12/h3-4,6,15-16H,2,5H2,1H3,(H,13,14). The van der Waals surface area contributed by atoms with Gasteiger partial charge in [-0.3, -0.25) is 4.79 Å². The van der Waals surface area contributed by atoms with Gasteiger partial charge in [-0.2, -0.15) is 0 Å². The predicted molar refractivity (Wildman–Crippen MR) is 58.8 cm³/mol. The summed E-state index contributed by atoms with van der Waals surface area (Å²) in [6.45, 7) is 2.37. The van der Waals surface area contributed by atoms with Crippen LogP contribution in [-0.2, 0) is 0 Å². The summed E-state index contributed by atoms with van der Waals surface area (Å²) in [7, 11) is -1.73. The van der Waals surface area contributed by atoms with Crippen LogP contribution >= 0.6 is 0 Å². The summed E-state index contributed by atoms with van der Waals surface area (Å²) in [6, 6.07) is 3.47. The van der Waals surface area contributed by atoms with Crippen LogP contribution in [0.25, 0.3) is 0 Å². The Balaban J connectivity index is 2.86. The lowest BCUT2D eigenvalue weighted by molar-refractivity contribution is 0.0949. The van der Waals surface area contributed by atoms with Crippen molar-refractivity contribution in [2.24, 2.45) is 0 Å². The van der Waals surface area contributed by atoms with Gasteiger partial charge in [0.05, 0.1) is 5.56 Å². The SMILES string of the molecule is CCCNC(=O)c1ccc(B(O)O)cc1F. The summed E-state index contributed by atoms with van der Waals surface area (Å²) in [5.41, 5.74) is -0.0811. The van der Waals surface area contributed by atoms with Gasteiger partial charge < -0.3 is 15.4 Å². The Morgan fingerprint density at radius 3 is 2.69 bits per heavy atom. The fraction of sp³-hybridized carbons (Fsp3) is 0.300. The maximum atomic E-state index is 13.4. The number of rotatable bonds is 4. The van der Waals surface area contributed by atoms with Crippen LogP contribution in [0, 0.1) is 5.82 Å². The molecule has 0 saturated heterocycles. The Labute approximate surface area is 93.2 Å². The summed E-state index contributed by atoms with van der Waals surface area (Å²) < 4.78 is 13.4. The van der Waals surface area contributed by atoms with Crippen molar-refractivity contribution in [3.63, 3.8) is 0 Å².